The van der Waals surface area contributed by atoms with E-state index in [1.54, 1.807) is 6.07 Å². The molecule has 1 aromatic heterocycles. The van der Waals surface area contributed by atoms with E-state index in [9.17, 15) is 4.79 Å². The van der Waals surface area contributed by atoms with Crippen LogP contribution in [0.4, 0.5) is 5.69 Å². The lowest BCUT2D eigenvalue weighted by molar-refractivity contribution is -0.116. The van der Waals surface area contributed by atoms with Crippen LogP contribution in [0.1, 0.15) is 17.2 Å². The van der Waals surface area contributed by atoms with Crippen LogP contribution in [0.25, 0.3) is 11.4 Å². The zero-order valence-electron chi connectivity index (χ0n) is 17.2. The fraction of sp³-hybridized carbons (Fsp3) is 0.125. The Morgan fingerprint density at radius 2 is 1.75 bits per heavy atom. The number of carbonyl (C=O) groups excluding carboxylic acids is 1. The lowest BCUT2D eigenvalue weighted by Crippen LogP contribution is -2.41. The second kappa shape index (κ2) is 8.68. The molecule has 0 unspecified atom stereocenters. The number of hydrogen-bond donors (Lipinski definition) is 2. The Hall–Kier alpha value is -3.29. The molecule has 160 valence electrons. The predicted molar refractivity (Wildman–Crippen MR) is 128 cm³/mol. The molecule has 8 heteroatoms. The first-order chi connectivity index (χ1) is 15.6. The van der Waals surface area contributed by atoms with E-state index in [-0.39, 0.29) is 11.9 Å². The minimum atomic E-state index is -0.460. The van der Waals surface area contributed by atoms with Gasteiger partial charge < -0.3 is 10.7 Å². The van der Waals surface area contributed by atoms with Crippen molar-refractivity contribution in [3.63, 3.8) is 0 Å². The van der Waals surface area contributed by atoms with Gasteiger partial charge in [0.05, 0.1) is 6.04 Å². The number of halogens is 1. The van der Waals surface area contributed by atoms with Gasteiger partial charge in [-0.05, 0) is 30.2 Å². The van der Waals surface area contributed by atoms with E-state index in [0.29, 0.717) is 21.7 Å². The van der Waals surface area contributed by atoms with Gasteiger partial charge in [0.2, 0.25) is 11.1 Å². The molecule has 3 aromatic carbocycles. The van der Waals surface area contributed by atoms with Crippen LogP contribution in [-0.4, -0.2) is 26.0 Å². The minimum Gasteiger partial charge on any atom is -0.325 e. The summed E-state index contributed by atoms with van der Waals surface area (Å²) in [5.74, 6) is 0.574. The van der Waals surface area contributed by atoms with Crippen LogP contribution in [0.3, 0.4) is 0 Å². The molecule has 0 aliphatic carbocycles. The molecule has 0 bridgehead atoms. The maximum atomic E-state index is 13.4. The van der Waals surface area contributed by atoms with E-state index in [0.717, 1.165) is 16.7 Å². The summed E-state index contributed by atoms with van der Waals surface area (Å²) in [6, 6.07) is 25.0. The number of nitrogens with zero attached hydrogens (tertiary/aromatic N) is 3. The Labute approximate surface area is 195 Å². The number of amides is 1. The standard InChI is InChI=1S/C24H20ClN5OS/c1-15-12-13-18(14-19(15)25)26-23(31)21-20(16-8-4-2-5-9-16)29-30-22(27-28-24(30)32-21)17-10-6-3-7-11-17/h2-14,20-21,29H,1H3,(H,26,31)/t20-,21-/m0/s1. The average molecular weight is 462 g/mol. The van der Waals surface area contributed by atoms with E-state index in [1.807, 2.05) is 84.4 Å². The smallest absolute Gasteiger partial charge is 0.240 e. The van der Waals surface area contributed by atoms with Gasteiger partial charge in [-0.15, -0.1) is 10.2 Å². The molecule has 0 saturated heterocycles. The predicted octanol–water partition coefficient (Wildman–Crippen LogP) is 5.30. The monoisotopic (exact) mass is 461 g/mol. The molecule has 1 amide bonds. The molecule has 2 atom stereocenters. The second-order valence-electron chi connectivity index (χ2n) is 7.52. The number of thioether (sulfide) groups is 1. The van der Waals surface area contributed by atoms with Crippen molar-refractivity contribution in [2.75, 3.05) is 10.7 Å². The van der Waals surface area contributed by atoms with Gasteiger partial charge in [-0.1, -0.05) is 90.1 Å². The lowest BCUT2D eigenvalue weighted by Gasteiger charge is -2.33. The first kappa shape index (κ1) is 20.6. The van der Waals surface area contributed by atoms with Gasteiger partial charge in [-0.25, -0.2) is 4.68 Å². The molecule has 5 rings (SSSR count). The summed E-state index contributed by atoms with van der Waals surface area (Å²) in [5.41, 5.74) is 7.05. The molecule has 0 radical (unpaired) electrons. The summed E-state index contributed by atoms with van der Waals surface area (Å²) in [6.45, 7) is 1.93. The summed E-state index contributed by atoms with van der Waals surface area (Å²) in [5, 5.41) is 12.5. The number of fused-ring (bicyclic) bond motifs is 1. The Bertz CT molecular complexity index is 1260. The van der Waals surface area contributed by atoms with Crippen LogP contribution >= 0.6 is 23.4 Å². The summed E-state index contributed by atoms with van der Waals surface area (Å²) in [7, 11) is 0. The van der Waals surface area contributed by atoms with Crippen molar-refractivity contribution in [1.29, 1.82) is 0 Å². The Balaban J connectivity index is 1.50. The molecule has 4 aromatic rings. The van der Waals surface area contributed by atoms with Crippen molar-refractivity contribution in [2.24, 2.45) is 0 Å². The molecule has 1 aliphatic rings. The number of aromatic nitrogens is 3. The number of benzene rings is 3. The first-order valence-electron chi connectivity index (χ1n) is 10.2. The van der Waals surface area contributed by atoms with E-state index < -0.39 is 5.25 Å². The Kier molecular flexibility index (Phi) is 5.59. The second-order valence-corrected chi connectivity index (χ2v) is 9.03. The first-order valence-corrected chi connectivity index (χ1v) is 11.4. The number of hydrogen-bond acceptors (Lipinski definition) is 5. The highest BCUT2D eigenvalue weighted by molar-refractivity contribution is 8.00. The van der Waals surface area contributed by atoms with Gasteiger partial charge in [0.25, 0.3) is 0 Å². The largest absolute Gasteiger partial charge is 0.325 e. The SMILES string of the molecule is Cc1ccc(NC(=O)[C@H]2Sc3nnc(-c4ccccc4)n3N[C@H]2c2ccccc2)cc1Cl. The minimum absolute atomic E-state index is 0.133. The number of carbonyl (C=O) groups is 1. The van der Waals surface area contributed by atoms with Crippen LogP contribution in [0.2, 0.25) is 5.02 Å². The highest BCUT2D eigenvalue weighted by Gasteiger charge is 2.38. The molecule has 0 spiro atoms. The maximum Gasteiger partial charge on any atom is 0.240 e. The van der Waals surface area contributed by atoms with Crippen LogP contribution in [-0.2, 0) is 4.79 Å². The van der Waals surface area contributed by atoms with Gasteiger partial charge in [0.1, 0.15) is 5.25 Å². The lowest BCUT2D eigenvalue weighted by atomic mass is 10.0. The van der Waals surface area contributed by atoms with Gasteiger partial charge >= 0.3 is 0 Å². The molecule has 2 heterocycles. The molecule has 32 heavy (non-hydrogen) atoms. The fourth-order valence-electron chi connectivity index (χ4n) is 3.62. The van der Waals surface area contributed by atoms with Gasteiger partial charge in [-0.3, -0.25) is 4.79 Å². The number of rotatable bonds is 4. The van der Waals surface area contributed by atoms with Crippen LogP contribution in [0, 0.1) is 6.92 Å². The summed E-state index contributed by atoms with van der Waals surface area (Å²) < 4.78 is 1.87. The highest BCUT2D eigenvalue weighted by atomic mass is 35.5. The average Bonchev–Trinajstić information content (AvgIpc) is 3.25. The topological polar surface area (TPSA) is 71.8 Å². The van der Waals surface area contributed by atoms with E-state index in [1.165, 1.54) is 11.8 Å². The normalized spacial score (nSPS) is 17.3. The van der Waals surface area contributed by atoms with Gasteiger partial charge in [0, 0.05) is 16.3 Å². The summed E-state index contributed by atoms with van der Waals surface area (Å²) in [6.07, 6.45) is 0. The third kappa shape index (κ3) is 3.97. The van der Waals surface area contributed by atoms with E-state index in [4.69, 9.17) is 11.6 Å². The van der Waals surface area contributed by atoms with Crippen molar-refractivity contribution in [1.82, 2.24) is 14.9 Å². The third-order valence-corrected chi connectivity index (χ3v) is 6.95. The van der Waals surface area contributed by atoms with Crippen LogP contribution < -0.4 is 10.7 Å². The molecule has 0 fully saturated rings. The molecular weight excluding hydrogens is 442 g/mol. The maximum absolute atomic E-state index is 13.4. The van der Waals surface area contributed by atoms with Crippen LogP contribution in [0.5, 0.6) is 0 Å². The summed E-state index contributed by atoms with van der Waals surface area (Å²) >= 11 is 7.64. The van der Waals surface area contributed by atoms with Crippen molar-refractivity contribution in [2.45, 2.75) is 23.4 Å². The molecule has 1 aliphatic heterocycles. The third-order valence-electron chi connectivity index (χ3n) is 5.33. The fourth-order valence-corrected chi connectivity index (χ4v) is 4.88. The Morgan fingerprint density at radius 1 is 1.03 bits per heavy atom. The molecule has 6 nitrogen and oxygen atoms in total. The molecule has 2 N–H and O–H groups in total. The molecular formula is C24H20ClN5OS. The van der Waals surface area contributed by atoms with Crippen molar-refractivity contribution in [3.05, 3.63) is 95.0 Å². The van der Waals surface area contributed by atoms with Gasteiger partial charge in [-0.2, -0.15) is 0 Å². The number of aryl methyl sites for hydroxylation is 1. The highest BCUT2D eigenvalue weighted by Crippen LogP contribution is 2.39. The Morgan fingerprint density at radius 3 is 2.47 bits per heavy atom. The zero-order valence-corrected chi connectivity index (χ0v) is 18.8. The zero-order chi connectivity index (χ0) is 22.1. The van der Waals surface area contributed by atoms with Crippen molar-refractivity contribution >= 4 is 35.0 Å². The van der Waals surface area contributed by atoms with E-state index >= 15 is 0 Å². The quantitative estimate of drug-likeness (QED) is 0.431. The summed E-state index contributed by atoms with van der Waals surface area (Å²) in [4.78, 5) is 13.4. The van der Waals surface area contributed by atoms with Crippen molar-refractivity contribution in [3.8, 4) is 11.4 Å². The number of anilines is 1. The van der Waals surface area contributed by atoms with E-state index in [2.05, 4.69) is 20.9 Å². The van der Waals surface area contributed by atoms with Crippen molar-refractivity contribution < 1.29 is 4.79 Å². The van der Waals surface area contributed by atoms with Crippen LogP contribution in [0.15, 0.2) is 84.0 Å². The molecule has 0 saturated carbocycles. The van der Waals surface area contributed by atoms with Gasteiger partial charge in [0.15, 0.2) is 5.82 Å². The number of nitrogens with one attached hydrogen (secondary N) is 2.